The molecular formula is C13H8BrFN2O2S. The first-order valence-corrected chi connectivity index (χ1v) is 7.68. The minimum absolute atomic E-state index is 0.0983. The normalized spacial score (nSPS) is 10.8. The maximum absolute atomic E-state index is 13.6. The summed E-state index contributed by atoms with van der Waals surface area (Å²) < 4.78 is 40.5. The Kier molecular flexibility index (Phi) is 4.06. The van der Waals surface area contributed by atoms with Crippen molar-refractivity contribution >= 4 is 31.6 Å². The number of nitrogens with one attached hydrogen (secondary N) is 1. The Bertz CT molecular complexity index is 800. The van der Waals surface area contributed by atoms with Gasteiger partial charge in [0.15, 0.2) is 0 Å². The molecule has 0 heterocycles. The number of anilines is 1. The topological polar surface area (TPSA) is 70.0 Å². The van der Waals surface area contributed by atoms with E-state index in [0.29, 0.717) is 4.47 Å². The van der Waals surface area contributed by atoms with Gasteiger partial charge in [-0.25, -0.2) is 12.8 Å². The Morgan fingerprint density at radius 2 is 1.95 bits per heavy atom. The van der Waals surface area contributed by atoms with Crippen molar-refractivity contribution in [2.75, 3.05) is 4.72 Å². The number of hydrogen-bond donors (Lipinski definition) is 1. The molecule has 2 aromatic carbocycles. The van der Waals surface area contributed by atoms with E-state index in [4.69, 9.17) is 5.26 Å². The van der Waals surface area contributed by atoms with Crippen LogP contribution in [0.5, 0.6) is 0 Å². The SMILES string of the molecule is N#Cc1cccc(S(=O)(=O)Nc2ccc(Br)cc2F)c1. The predicted molar refractivity (Wildman–Crippen MR) is 76.1 cm³/mol. The van der Waals surface area contributed by atoms with Gasteiger partial charge in [0.2, 0.25) is 0 Å². The lowest BCUT2D eigenvalue weighted by Crippen LogP contribution is -2.14. The van der Waals surface area contributed by atoms with E-state index in [1.807, 2.05) is 6.07 Å². The van der Waals surface area contributed by atoms with Crippen LogP contribution in [0.25, 0.3) is 0 Å². The molecule has 7 heteroatoms. The third kappa shape index (κ3) is 3.15. The van der Waals surface area contributed by atoms with Crippen LogP contribution in [0, 0.1) is 17.1 Å². The van der Waals surface area contributed by atoms with Crippen LogP contribution in [-0.4, -0.2) is 8.42 Å². The summed E-state index contributed by atoms with van der Waals surface area (Å²) in [5, 5.41) is 8.76. The molecule has 20 heavy (non-hydrogen) atoms. The summed E-state index contributed by atoms with van der Waals surface area (Å²) in [5.41, 5.74) is 0.0553. The van der Waals surface area contributed by atoms with Crippen molar-refractivity contribution in [2.45, 2.75) is 4.90 Å². The van der Waals surface area contributed by atoms with Gasteiger partial charge in [-0.05, 0) is 36.4 Å². The van der Waals surface area contributed by atoms with Gasteiger partial charge >= 0.3 is 0 Å². The van der Waals surface area contributed by atoms with E-state index in [1.165, 1.54) is 36.4 Å². The van der Waals surface area contributed by atoms with Crippen LogP contribution in [0.15, 0.2) is 51.8 Å². The standard InChI is InChI=1S/C13H8BrFN2O2S/c14-10-4-5-13(12(15)7-10)17-20(18,19)11-3-1-2-9(6-11)8-16/h1-7,17H. The fourth-order valence-electron chi connectivity index (χ4n) is 1.51. The largest absolute Gasteiger partial charge is 0.277 e. The summed E-state index contributed by atoms with van der Waals surface area (Å²) in [5.74, 6) is -0.695. The van der Waals surface area contributed by atoms with E-state index in [1.54, 1.807) is 0 Å². The summed E-state index contributed by atoms with van der Waals surface area (Å²) in [6, 6.07) is 11.3. The molecule has 0 aliphatic heterocycles. The van der Waals surface area contributed by atoms with Crippen molar-refractivity contribution in [3.05, 3.63) is 58.3 Å². The van der Waals surface area contributed by atoms with E-state index < -0.39 is 15.8 Å². The lowest BCUT2D eigenvalue weighted by Gasteiger charge is -2.09. The molecule has 0 aromatic heterocycles. The maximum atomic E-state index is 13.6. The average molecular weight is 355 g/mol. The second kappa shape index (κ2) is 5.61. The van der Waals surface area contributed by atoms with Crippen LogP contribution in [0.2, 0.25) is 0 Å². The molecule has 0 saturated carbocycles. The van der Waals surface area contributed by atoms with Gasteiger partial charge in [-0.2, -0.15) is 5.26 Å². The first kappa shape index (κ1) is 14.5. The Morgan fingerprint density at radius 1 is 1.20 bits per heavy atom. The van der Waals surface area contributed by atoms with Gasteiger partial charge in [0.05, 0.1) is 22.2 Å². The molecule has 0 spiro atoms. The average Bonchev–Trinajstić information content (AvgIpc) is 2.42. The molecule has 0 aliphatic carbocycles. The van der Waals surface area contributed by atoms with Gasteiger partial charge in [-0.1, -0.05) is 22.0 Å². The van der Waals surface area contributed by atoms with Crippen molar-refractivity contribution in [1.29, 1.82) is 5.26 Å². The Morgan fingerprint density at radius 3 is 2.60 bits per heavy atom. The van der Waals surface area contributed by atoms with E-state index in [0.717, 1.165) is 6.07 Å². The van der Waals surface area contributed by atoms with E-state index in [9.17, 15) is 12.8 Å². The highest BCUT2D eigenvalue weighted by molar-refractivity contribution is 9.10. The molecule has 0 radical (unpaired) electrons. The highest BCUT2D eigenvalue weighted by Gasteiger charge is 2.16. The first-order chi connectivity index (χ1) is 9.42. The highest BCUT2D eigenvalue weighted by atomic mass is 79.9. The number of benzene rings is 2. The minimum Gasteiger partial charge on any atom is -0.277 e. The summed E-state index contributed by atoms with van der Waals surface area (Å²) in [4.78, 5) is -0.0983. The molecule has 0 amide bonds. The predicted octanol–water partition coefficient (Wildman–Crippen LogP) is 3.26. The van der Waals surface area contributed by atoms with Gasteiger partial charge in [-0.3, -0.25) is 4.72 Å². The van der Waals surface area contributed by atoms with Crippen LogP contribution in [0.1, 0.15) is 5.56 Å². The zero-order valence-electron chi connectivity index (χ0n) is 9.97. The number of halogens is 2. The maximum Gasteiger partial charge on any atom is 0.262 e. The van der Waals surface area contributed by atoms with Gasteiger partial charge in [0.1, 0.15) is 5.82 Å². The van der Waals surface area contributed by atoms with Crippen LogP contribution >= 0.6 is 15.9 Å². The summed E-state index contributed by atoms with van der Waals surface area (Å²) >= 11 is 3.09. The van der Waals surface area contributed by atoms with Gasteiger partial charge in [0.25, 0.3) is 10.0 Å². The first-order valence-electron chi connectivity index (χ1n) is 5.40. The zero-order chi connectivity index (χ0) is 14.8. The van der Waals surface area contributed by atoms with Gasteiger partial charge < -0.3 is 0 Å². The van der Waals surface area contributed by atoms with Crippen molar-refractivity contribution < 1.29 is 12.8 Å². The van der Waals surface area contributed by atoms with Crippen LogP contribution in [0.4, 0.5) is 10.1 Å². The van der Waals surface area contributed by atoms with E-state index in [2.05, 4.69) is 20.7 Å². The van der Waals surface area contributed by atoms with Crippen molar-refractivity contribution in [3.63, 3.8) is 0 Å². The molecule has 0 atom stereocenters. The monoisotopic (exact) mass is 354 g/mol. The molecule has 0 saturated heterocycles. The Balaban J connectivity index is 2.38. The van der Waals surface area contributed by atoms with Crippen molar-refractivity contribution in [1.82, 2.24) is 0 Å². The zero-order valence-corrected chi connectivity index (χ0v) is 12.4. The van der Waals surface area contributed by atoms with Crippen molar-refractivity contribution in [2.24, 2.45) is 0 Å². The number of sulfonamides is 1. The smallest absolute Gasteiger partial charge is 0.262 e. The fraction of sp³-hybridized carbons (Fsp3) is 0. The summed E-state index contributed by atoms with van der Waals surface area (Å²) in [7, 11) is -3.94. The lowest BCUT2D eigenvalue weighted by molar-refractivity contribution is 0.598. The van der Waals surface area contributed by atoms with Crippen LogP contribution in [-0.2, 0) is 10.0 Å². The van der Waals surface area contributed by atoms with Crippen LogP contribution in [0.3, 0.4) is 0 Å². The highest BCUT2D eigenvalue weighted by Crippen LogP contribution is 2.22. The van der Waals surface area contributed by atoms with Crippen molar-refractivity contribution in [3.8, 4) is 6.07 Å². The summed E-state index contributed by atoms with van der Waals surface area (Å²) in [6.07, 6.45) is 0. The molecule has 0 fully saturated rings. The number of nitrogens with zero attached hydrogens (tertiary/aromatic N) is 1. The number of rotatable bonds is 3. The molecule has 1 N–H and O–H groups in total. The van der Waals surface area contributed by atoms with Crippen LogP contribution < -0.4 is 4.72 Å². The number of nitriles is 1. The molecule has 0 aliphatic rings. The lowest BCUT2D eigenvalue weighted by atomic mass is 10.2. The van der Waals surface area contributed by atoms with E-state index >= 15 is 0 Å². The molecular weight excluding hydrogens is 347 g/mol. The quantitative estimate of drug-likeness (QED) is 0.919. The fourth-order valence-corrected chi connectivity index (χ4v) is 2.95. The minimum atomic E-state index is -3.94. The molecule has 2 rings (SSSR count). The second-order valence-corrected chi connectivity index (χ2v) is 6.47. The molecule has 2 aromatic rings. The van der Waals surface area contributed by atoms with Gasteiger partial charge in [0, 0.05) is 4.47 Å². The molecule has 0 bridgehead atoms. The Hall–Kier alpha value is -1.91. The van der Waals surface area contributed by atoms with E-state index in [-0.39, 0.29) is 16.1 Å². The molecule has 4 nitrogen and oxygen atoms in total. The number of hydrogen-bond acceptors (Lipinski definition) is 3. The molecule has 102 valence electrons. The third-order valence-corrected chi connectivity index (χ3v) is 4.31. The molecule has 0 unspecified atom stereocenters. The summed E-state index contributed by atoms with van der Waals surface area (Å²) in [6.45, 7) is 0. The van der Waals surface area contributed by atoms with Gasteiger partial charge in [-0.15, -0.1) is 0 Å². The second-order valence-electron chi connectivity index (χ2n) is 3.87. The Labute approximate surface area is 124 Å². The third-order valence-electron chi connectivity index (χ3n) is 2.45.